The van der Waals surface area contributed by atoms with Crippen molar-refractivity contribution in [3.63, 3.8) is 0 Å². The Balaban J connectivity index is 2.29. The third-order valence-electron chi connectivity index (χ3n) is 4.85. The standard InChI is InChI=1S/C18H22O7/c1-10(17(23)24)4-3-5-18(2)15(22)7-12-14(21)6-11(8-19)13(9-20)16(12)25-18/h6,8-10,15,21-22H,3-5,7H2,1-2H3,(H,23,24). The highest BCUT2D eigenvalue weighted by molar-refractivity contribution is 5.94. The number of phenolic OH excluding ortho intramolecular Hbond substituents is 1. The van der Waals surface area contributed by atoms with Gasteiger partial charge in [-0.1, -0.05) is 6.92 Å². The lowest BCUT2D eigenvalue weighted by Gasteiger charge is -2.41. The number of carbonyl (C=O) groups is 3. The molecule has 1 aromatic carbocycles. The van der Waals surface area contributed by atoms with Gasteiger partial charge in [0, 0.05) is 17.5 Å². The van der Waals surface area contributed by atoms with E-state index in [2.05, 4.69) is 0 Å². The number of phenols is 1. The molecule has 0 spiro atoms. The highest BCUT2D eigenvalue weighted by atomic mass is 16.5. The molecule has 25 heavy (non-hydrogen) atoms. The fourth-order valence-electron chi connectivity index (χ4n) is 3.07. The Hall–Kier alpha value is -2.41. The number of carboxylic acid groups (broad SMARTS) is 1. The molecule has 0 aliphatic carbocycles. The van der Waals surface area contributed by atoms with Crippen molar-refractivity contribution < 1.29 is 34.4 Å². The zero-order chi connectivity index (χ0) is 18.8. The first kappa shape index (κ1) is 18.9. The van der Waals surface area contributed by atoms with E-state index in [-0.39, 0.29) is 34.6 Å². The molecule has 0 saturated carbocycles. The van der Waals surface area contributed by atoms with Gasteiger partial charge in [0.15, 0.2) is 12.6 Å². The number of hydrogen-bond donors (Lipinski definition) is 3. The number of aliphatic hydroxyl groups excluding tert-OH is 1. The molecule has 0 amide bonds. The average Bonchev–Trinajstić information content (AvgIpc) is 2.56. The Labute approximate surface area is 145 Å². The Morgan fingerprint density at radius 1 is 1.44 bits per heavy atom. The monoisotopic (exact) mass is 350 g/mol. The molecule has 3 N–H and O–H groups in total. The van der Waals surface area contributed by atoms with E-state index in [0.717, 1.165) is 0 Å². The van der Waals surface area contributed by atoms with Crippen LogP contribution in [0.3, 0.4) is 0 Å². The lowest BCUT2D eigenvalue weighted by molar-refractivity contribution is -0.141. The Morgan fingerprint density at radius 2 is 2.12 bits per heavy atom. The topological polar surface area (TPSA) is 121 Å². The molecule has 1 heterocycles. The number of aldehydes is 2. The molecule has 0 saturated heterocycles. The summed E-state index contributed by atoms with van der Waals surface area (Å²) in [5.41, 5.74) is -0.697. The first-order valence-corrected chi connectivity index (χ1v) is 8.12. The van der Waals surface area contributed by atoms with Gasteiger partial charge in [-0.15, -0.1) is 0 Å². The van der Waals surface area contributed by atoms with Crippen LogP contribution in [0, 0.1) is 5.92 Å². The number of rotatable bonds is 7. The summed E-state index contributed by atoms with van der Waals surface area (Å²) in [5.74, 6) is -1.49. The maximum absolute atomic E-state index is 11.4. The van der Waals surface area contributed by atoms with Crippen LogP contribution >= 0.6 is 0 Å². The molecule has 3 unspecified atom stereocenters. The van der Waals surface area contributed by atoms with Gasteiger partial charge in [-0.2, -0.15) is 0 Å². The summed E-state index contributed by atoms with van der Waals surface area (Å²) in [6.07, 6.45) is 1.39. The summed E-state index contributed by atoms with van der Waals surface area (Å²) in [4.78, 5) is 33.4. The van der Waals surface area contributed by atoms with Gasteiger partial charge in [0.1, 0.15) is 17.1 Å². The summed E-state index contributed by atoms with van der Waals surface area (Å²) in [6.45, 7) is 3.28. The number of benzene rings is 1. The highest BCUT2D eigenvalue weighted by Crippen LogP contribution is 2.43. The lowest BCUT2D eigenvalue weighted by atomic mass is 9.83. The molecule has 136 valence electrons. The van der Waals surface area contributed by atoms with Gasteiger partial charge in [-0.05, 0) is 32.3 Å². The number of hydrogen-bond acceptors (Lipinski definition) is 6. The minimum absolute atomic E-state index is 0.0180. The van der Waals surface area contributed by atoms with Crippen LogP contribution in [0.2, 0.25) is 0 Å². The van der Waals surface area contributed by atoms with Gasteiger partial charge in [-0.25, -0.2) is 0 Å². The van der Waals surface area contributed by atoms with E-state index in [0.29, 0.717) is 31.8 Å². The fraction of sp³-hybridized carbons (Fsp3) is 0.500. The fourth-order valence-corrected chi connectivity index (χ4v) is 3.07. The molecule has 1 aliphatic rings. The predicted molar refractivity (Wildman–Crippen MR) is 88.3 cm³/mol. The number of aromatic hydroxyl groups is 1. The van der Waals surface area contributed by atoms with Crippen LogP contribution in [0.4, 0.5) is 0 Å². The van der Waals surface area contributed by atoms with Gasteiger partial charge < -0.3 is 20.1 Å². The number of carboxylic acids is 1. The molecule has 7 heteroatoms. The molecule has 0 fully saturated rings. The van der Waals surface area contributed by atoms with Crippen LogP contribution < -0.4 is 4.74 Å². The van der Waals surface area contributed by atoms with Crippen molar-refractivity contribution >= 4 is 18.5 Å². The van der Waals surface area contributed by atoms with E-state index in [9.17, 15) is 24.6 Å². The summed E-state index contributed by atoms with van der Waals surface area (Å²) >= 11 is 0. The van der Waals surface area contributed by atoms with Gasteiger partial charge in [0.2, 0.25) is 0 Å². The predicted octanol–water partition coefficient (Wildman–Crippen LogP) is 1.96. The van der Waals surface area contributed by atoms with Crippen LogP contribution in [-0.4, -0.2) is 45.6 Å². The van der Waals surface area contributed by atoms with Crippen molar-refractivity contribution in [1.82, 2.24) is 0 Å². The first-order valence-electron chi connectivity index (χ1n) is 8.12. The molecule has 1 aromatic rings. The van der Waals surface area contributed by atoms with Crippen molar-refractivity contribution in [3.05, 3.63) is 22.8 Å². The maximum Gasteiger partial charge on any atom is 0.306 e. The number of ether oxygens (including phenoxy) is 1. The second-order valence-electron chi connectivity index (χ2n) is 6.71. The Bertz CT molecular complexity index is 697. The van der Waals surface area contributed by atoms with Gasteiger partial charge in [0.05, 0.1) is 17.6 Å². The van der Waals surface area contributed by atoms with Crippen LogP contribution in [0.1, 0.15) is 59.4 Å². The normalized spacial score (nSPS) is 23.2. The van der Waals surface area contributed by atoms with Gasteiger partial charge in [0.25, 0.3) is 0 Å². The number of aliphatic hydroxyl groups is 1. The molecule has 0 bridgehead atoms. The van der Waals surface area contributed by atoms with Crippen molar-refractivity contribution in [2.24, 2.45) is 5.92 Å². The molecule has 2 rings (SSSR count). The van der Waals surface area contributed by atoms with E-state index in [1.165, 1.54) is 6.07 Å². The molecule has 0 aromatic heterocycles. The summed E-state index contributed by atoms with van der Waals surface area (Å²) < 4.78 is 5.87. The van der Waals surface area contributed by atoms with Crippen LogP contribution in [-0.2, 0) is 11.2 Å². The summed E-state index contributed by atoms with van der Waals surface area (Å²) in [6, 6.07) is 1.18. The maximum atomic E-state index is 11.4. The van der Waals surface area contributed by atoms with Crippen molar-refractivity contribution in [3.8, 4) is 11.5 Å². The van der Waals surface area contributed by atoms with E-state index in [1.54, 1.807) is 13.8 Å². The molecule has 0 radical (unpaired) electrons. The first-order chi connectivity index (χ1) is 11.7. The van der Waals surface area contributed by atoms with E-state index >= 15 is 0 Å². The Kier molecular flexibility index (Phi) is 5.47. The minimum atomic E-state index is -1.04. The van der Waals surface area contributed by atoms with Crippen LogP contribution in [0.5, 0.6) is 11.5 Å². The zero-order valence-corrected chi connectivity index (χ0v) is 14.2. The molecule has 3 atom stereocenters. The number of fused-ring (bicyclic) bond motifs is 1. The van der Waals surface area contributed by atoms with E-state index in [4.69, 9.17) is 9.84 Å². The Morgan fingerprint density at radius 3 is 2.68 bits per heavy atom. The molecule has 1 aliphatic heterocycles. The second-order valence-corrected chi connectivity index (χ2v) is 6.71. The van der Waals surface area contributed by atoms with E-state index < -0.39 is 23.6 Å². The largest absolute Gasteiger partial charge is 0.508 e. The molecular weight excluding hydrogens is 328 g/mol. The zero-order valence-electron chi connectivity index (χ0n) is 14.2. The smallest absolute Gasteiger partial charge is 0.306 e. The SMILES string of the molecule is CC(CCCC1(C)Oc2c(C=O)c(C=O)cc(O)c2CC1O)C(=O)O. The molecule has 7 nitrogen and oxygen atoms in total. The van der Waals surface area contributed by atoms with Crippen molar-refractivity contribution in [2.75, 3.05) is 0 Å². The van der Waals surface area contributed by atoms with Crippen molar-refractivity contribution in [2.45, 2.75) is 51.2 Å². The van der Waals surface area contributed by atoms with Crippen molar-refractivity contribution in [1.29, 1.82) is 0 Å². The lowest BCUT2D eigenvalue weighted by Crippen LogP contribution is -2.49. The number of aliphatic carboxylic acids is 1. The average molecular weight is 350 g/mol. The van der Waals surface area contributed by atoms with Gasteiger partial charge in [-0.3, -0.25) is 14.4 Å². The third-order valence-corrected chi connectivity index (χ3v) is 4.85. The molecular formula is C18H22O7. The second kappa shape index (κ2) is 7.23. The summed E-state index contributed by atoms with van der Waals surface area (Å²) in [7, 11) is 0. The highest BCUT2D eigenvalue weighted by Gasteiger charge is 2.42. The third kappa shape index (κ3) is 3.66. The number of carbonyl (C=O) groups excluding carboxylic acids is 2. The van der Waals surface area contributed by atoms with Gasteiger partial charge >= 0.3 is 5.97 Å². The van der Waals surface area contributed by atoms with Crippen LogP contribution in [0.25, 0.3) is 0 Å². The minimum Gasteiger partial charge on any atom is -0.508 e. The quantitative estimate of drug-likeness (QED) is 0.643. The van der Waals surface area contributed by atoms with E-state index in [1.807, 2.05) is 0 Å². The van der Waals surface area contributed by atoms with Crippen LogP contribution in [0.15, 0.2) is 6.07 Å². The summed E-state index contributed by atoms with van der Waals surface area (Å²) in [5, 5.41) is 29.5.